The van der Waals surface area contributed by atoms with E-state index in [9.17, 15) is 29.3 Å². The van der Waals surface area contributed by atoms with E-state index < -0.39 is 44.7 Å². The highest BCUT2D eigenvalue weighted by Gasteiger charge is 2.27. The molecule has 0 aliphatic heterocycles. The predicted octanol–water partition coefficient (Wildman–Crippen LogP) is 10.7. The molecule has 0 saturated heterocycles. The first-order valence-corrected chi connectivity index (χ1v) is 24.0. The molecule has 3 N–H and O–H groups in total. The molecule has 0 amide bonds. The molecule has 0 fully saturated rings. The number of aliphatic hydroxyl groups is 2. The largest absolute Gasteiger partial charge is 0.472 e. The number of esters is 2. The summed E-state index contributed by atoms with van der Waals surface area (Å²) in [6, 6.07) is 0. The summed E-state index contributed by atoms with van der Waals surface area (Å²) in [6.07, 6.45) is 42.5. The minimum absolute atomic E-state index is 0.0274. The van der Waals surface area contributed by atoms with Crippen molar-refractivity contribution in [3.63, 3.8) is 0 Å². The van der Waals surface area contributed by atoms with Gasteiger partial charge in [0.05, 0.1) is 40.0 Å². The molecular formula is C48H83NO10P+. The van der Waals surface area contributed by atoms with Gasteiger partial charge < -0.3 is 29.1 Å². The van der Waals surface area contributed by atoms with Crippen molar-refractivity contribution in [2.45, 2.75) is 161 Å². The van der Waals surface area contributed by atoms with Crippen molar-refractivity contribution in [1.82, 2.24) is 0 Å². The zero-order valence-corrected chi connectivity index (χ0v) is 38.8. The molecule has 1 unspecified atom stereocenters. The van der Waals surface area contributed by atoms with Crippen LogP contribution in [0.5, 0.6) is 0 Å². The summed E-state index contributed by atoms with van der Waals surface area (Å²) >= 11 is 0. The summed E-state index contributed by atoms with van der Waals surface area (Å²) in [5.74, 6) is -1.16. The summed E-state index contributed by atoms with van der Waals surface area (Å²) in [7, 11) is 1.28. The van der Waals surface area contributed by atoms with Crippen molar-refractivity contribution >= 4 is 19.8 Å². The van der Waals surface area contributed by atoms with Crippen LogP contribution in [0.4, 0.5) is 0 Å². The van der Waals surface area contributed by atoms with Gasteiger partial charge >= 0.3 is 19.8 Å². The zero-order valence-electron chi connectivity index (χ0n) is 37.9. The zero-order chi connectivity index (χ0) is 44.6. The average Bonchev–Trinajstić information content (AvgIpc) is 3.19. The number of rotatable bonds is 39. The second-order valence-corrected chi connectivity index (χ2v) is 17.5. The Morgan fingerprint density at radius 1 is 0.600 bits per heavy atom. The highest BCUT2D eigenvalue weighted by atomic mass is 31.2. The summed E-state index contributed by atoms with van der Waals surface area (Å²) in [5, 5.41) is 20.7. The number of allylic oxidation sites excluding steroid dienone is 13. The molecule has 0 aromatic heterocycles. The van der Waals surface area contributed by atoms with E-state index in [1.165, 1.54) is 38.5 Å². The number of ether oxygens (including phenoxy) is 2. The fraction of sp³-hybridized carbons (Fsp3) is 0.667. The van der Waals surface area contributed by atoms with E-state index in [2.05, 4.69) is 80.7 Å². The lowest BCUT2D eigenvalue weighted by atomic mass is 10.0. The third-order valence-electron chi connectivity index (χ3n) is 9.11. The van der Waals surface area contributed by atoms with Gasteiger partial charge in [-0.3, -0.25) is 18.6 Å². The number of nitrogens with zero attached hydrogens (tertiary/aromatic N) is 1. The van der Waals surface area contributed by atoms with Gasteiger partial charge in [-0.15, -0.1) is 0 Å². The van der Waals surface area contributed by atoms with E-state index in [1.54, 1.807) is 0 Å². The van der Waals surface area contributed by atoms with E-state index in [0.717, 1.165) is 44.9 Å². The van der Waals surface area contributed by atoms with Crippen molar-refractivity contribution in [2.75, 3.05) is 47.5 Å². The van der Waals surface area contributed by atoms with Crippen molar-refractivity contribution in [3.05, 3.63) is 85.1 Å². The number of phosphoric acid groups is 1. The Balaban J connectivity index is 4.69. The number of aliphatic hydroxyl groups excluding tert-OH is 2. The first kappa shape index (κ1) is 57.1. The van der Waals surface area contributed by atoms with Crippen LogP contribution in [0.15, 0.2) is 85.1 Å². The van der Waals surface area contributed by atoms with Crippen LogP contribution in [0.25, 0.3) is 0 Å². The minimum atomic E-state index is -4.46. The van der Waals surface area contributed by atoms with Crippen LogP contribution in [0.1, 0.15) is 142 Å². The maximum Gasteiger partial charge on any atom is 0.472 e. The molecule has 0 aromatic carbocycles. The molecule has 0 aliphatic carbocycles. The summed E-state index contributed by atoms with van der Waals surface area (Å²) in [5.41, 5.74) is 0. The van der Waals surface area contributed by atoms with E-state index in [1.807, 2.05) is 39.4 Å². The molecule has 60 heavy (non-hydrogen) atoms. The third-order valence-corrected chi connectivity index (χ3v) is 10.1. The molecular weight excluding hydrogens is 781 g/mol. The third kappa shape index (κ3) is 40.5. The fourth-order valence-corrected chi connectivity index (χ4v) is 6.21. The van der Waals surface area contributed by atoms with Crippen LogP contribution in [0.2, 0.25) is 0 Å². The number of phosphoric ester groups is 1. The Morgan fingerprint density at radius 3 is 1.70 bits per heavy atom. The Hall–Kier alpha value is -2.89. The van der Waals surface area contributed by atoms with Crippen LogP contribution in [-0.4, -0.2) is 97.3 Å². The number of likely N-dealkylation sites (N-methyl/N-ethyl adjacent to an activating group) is 1. The minimum Gasteiger partial charge on any atom is -0.462 e. The topological polar surface area (TPSA) is 149 Å². The highest BCUT2D eigenvalue weighted by Crippen LogP contribution is 2.43. The van der Waals surface area contributed by atoms with Crippen molar-refractivity contribution in [3.8, 4) is 0 Å². The van der Waals surface area contributed by atoms with E-state index in [0.29, 0.717) is 23.9 Å². The van der Waals surface area contributed by atoms with Gasteiger partial charge in [0.1, 0.15) is 19.8 Å². The summed E-state index contributed by atoms with van der Waals surface area (Å²) in [4.78, 5) is 35.4. The van der Waals surface area contributed by atoms with Gasteiger partial charge in [-0.1, -0.05) is 131 Å². The van der Waals surface area contributed by atoms with Crippen LogP contribution in [0.3, 0.4) is 0 Å². The average molecular weight is 865 g/mol. The number of unbranched alkanes of at least 4 members (excludes halogenated alkanes) is 7. The Bertz CT molecular complexity index is 1330. The lowest BCUT2D eigenvalue weighted by Crippen LogP contribution is -2.37. The van der Waals surface area contributed by atoms with Gasteiger partial charge in [0.15, 0.2) is 6.10 Å². The van der Waals surface area contributed by atoms with Crippen LogP contribution >= 0.6 is 7.82 Å². The summed E-state index contributed by atoms with van der Waals surface area (Å²) < 4.78 is 34.0. The fourth-order valence-electron chi connectivity index (χ4n) is 5.47. The molecule has 0 spiro atoms. The molecule has 344 valence electrons. The first-order chi connectivity index (χ1) is 28.8. The second-order valence-electron chi connectivity index (χ2n) is 16.0. The Morgan fingerprint density at radius 2 is 1.12 bits per heavy atom. The quantitative estimate of drug-likeness (QED) is 0.0179. The van der Waals surface area contributed by atoms with Gasteiger partial charge in [0, 0.05) is 12.8 Å². The molecule has 0 bridgehead atoms. The molecule has 0 radical (unpaired) electrons. The highest BCUT2D eigenvalue weighted by molar-refractivity contribution is 7.47. The number of carbonyl (C=O) groups excluding carboxylic acids is 2. The van der Waals surface area contributed by atoms with Gasteiger partial charge in [-0.25, -0.2) is 4.57 Å². The van der Waals surface area contributed by atoms with E-state index in [-0.39, 0.29) is 45.3 Å². The molecule has 0 rings (SSSR count). The molecule has 0 saturated carbocycles. The predicted molar refractivity (Wildman–Crippen MR) is 245 cm³/mol. The van der Waals surface area contributed by atoms with Crippen LogP contribution < -0.4 is 0 Å². The number of quaternary nitrogens is 1. The van der Waals surface area contributed by atoms with Gasteiger partial charge in [-0.2, -0.15) is 0 Å². The van der Waals surface area contributed by atoms with Crippen molar-refractivity contribution in [2.24, 2.45) is 0 Å². The lowest BCUT2D eigenvalue weighted by Gasteiger charge is -2.24. The maximum atomic E-state index is 12.7. The molecule has 0 heterocycles. The van der Waals surface area contributed by atoms with Gasteiger partial charge in [-0.05, 0) is 83.5 Å². The normalized spacial score (nSPS) is 15.4. The van der Waals surface area contributed by atoms with Crippen LogP contribution in [0, 0.1) is 0 Å². The van der Waals surface area contributed by atoms with Crippen molar-refractivity contribution < 1.29 is 52.3 Å². The van der Waals surface area contributed by atoms with Crippen LogP contribution in [-0.2, 0) is 32.7 Å². The lowest BCUT2D eigenvalue weighted by molar-refractivity contribution is -0.870. The Labute approximate surface area is 364 Å². The molecule has 11 nitrogen and oxygen atoms in total. The Kier molecular flexibility index (Phi) is 37.1. The SMILES string of the molecule is CC/C=C\C/C=C\C/C=C\C/C=C\C[C@H](O)[C@@H](O)CCCC(=O)OC[C@H](COP(=O)(O)OCC[N+](C)(C)C)OC(=O)CCC/C=C\C/C=C\C/C=C\CCCCCCCC. The maximum absolute atomic E-state index is 12.7. The van der Waals surface area contributed by atoms with Gasteiger partial charge in [0.25, 0.3) is 0 Å². The first-order valence-electron chi connectivity index (χ1n) is 22.5. The molecule has 0 aliphatic rings. The van der Waals surface area contributed by atoms with E-state index >= 15 is 0 Å². The number of hydrogen-bond acceptors (Lipinski definition) is 9. The smallest absolute Gasteiger partial charge is 0.462 e. The second kappa shape index (κ2) is 39.0. The number of carbonyl (C=O) groups is 2. The van der Waals surface area contributed by atoms with Gasteiger partial charge in [0.2, 0.25) is 0 Å². The molecule has 12 heteroatoms. The number of hydrogen-bond donors (Lipinski definition) is 3. The molecule has 0 aromatic rings. The molecule has 4 atom stereocenters. The van der Waals surface area contributed by atoms with Crippen molar-refractivity contribution in [1.29, 1.82) is 0 Å². The standard InChI is InChI=1S/C48H82NO10P/c1-6-8-10-12-14-16-18-20-21-22-23-24-26-28-30-32-34-38-48(53)59-44(43-58-60(54,55)57-41-40-49(3,4)5)42-56-47(52)39-35-37-46(51)45(50)36-33-31-29-27-25-19-17-15-13-11-9-7-2/h9,11,15,17,20-21,23-25,27-28,30-31,33,44-46,50-51H,6-8,10,12-14,16,18-19,22,26,29,32,34-43H2,1-5H3/p+1/b11-9-,17-15-,21-20-,24-23-,27-25-,30-28-,33-31-/t44-,45+,46+/m1/s1. The monoisotopic (exact) mass is 865 g/mol. The summed E-state index contributed by atoms with van der Waals surface area (Å²) in [6.45, 7) is 3.88. The van der Waals surface area contributed by atoms with E-state index in [4.69, 9.17) is 18.5 Å².